The Bertz CT molecular complexity index is 1790. The van der Waals surface area contributed by atoms with Crippen molar-refractivity contribution in [3.8, 4) is 11.5 Å². The minimum Gasteiger partial charge on any atom is -0.480 e. The maximum atomic E-state index is 13.1. The van der Waals surface area contributed by atoms with E-state index in [2.05, 4.69) is 5.32 Å². The number of aliphatic carboxylic acids is 2. The average molecular weight is 651 g/mol. The zero-order valence-corrected chi connectivity index (χ0v) is 25.0. The highest BCUT2D eigenvalue weighted by molar-refractivity contribution is 5.99. The first-order chi connectivity index (χ1) is 22.5. The van der Waals surface area contributed by atoms with Gasteiger partial charge in [0.15, 0.2) is 17.5 Å². The third-order valence-electron chi connectivity index (χ3n) is 6.07. The van der Waals surface area contributed by atoms with Crippen LogP contribution in [0.3, 0.4) is 0 Å². The number of ether oxygens (including phenoxy) is 4. The maximum Gasteiger partial charge on any atom is 0.513 e. The highest BCUT2D eigenvalue weighted by Gasteiger charge is 2.26. The van der Waals surface area contributed by atoms with Crippen LogP contribution in [0.25, 0.3) is 11.0 Å². The predicted molar refractivity (Wildman–Crippen MR) is 163 cm³/mol. The third-order valence-corrected chi connectivity index (χ3v) is 6.07. The van der Waals surface area contributed by atoms with E-state index in [0.717, 1.165) is 18.4 Å². The second-order valence-electron chi connectivity index (χ2n) is 9.23. The number of rotatable bonds is 10. The standard InChI is InChI=1S/C24H21NO11.C8H9NO2/c1-3-32-23(30)35-17-10-14-16(11-18(17)36-24(31)33-4-2)34-12-15(20(14)26)21(27)25-19(22(28)29)13-8-6-5-7-9-13;9-7(8(10)11)6-4-2-1-3-5-6/h5-12,19H,3-4H2,1-2H3,(H,25,27)(H,28,29);1-5,7H,9H2,(H,10,11)/t;7-/m.0/s1. The lowest BCUT2D eigenvalue weighted by atomic mass is 10.1. The molecule has 15 nitrogen and oxygen atoms in total. The summed E-state index contributed by atoms with van der Waals surface area (Å²) in [5.74, 6) is -4.06. The summed E-state index contributed by atoms with van der Waals surface area (Å²) in [6.45, 7) is 3.08. The number of nitrogens with one attached hydrogen (secondary N) is 1. The monoisotopic (exact) mass is 650 g/mol. The van der Waals surface area contributed by atoms with Gasteiger partial charge >= 0.3 is 24.2 Å². The molecule has 4 rings (SSSR count). The lowest BCUT2D eigenvalue weighted by Crippen LogP contribution is -2.36. The van der Waals surface area contributed by atoms with Crippen molar-refractivity contribution in [1.82, 2.24) is 5.32 Å². The molecule has 5 N–H and O–H groups in total. The van der Waals surface area contributed by atoms with E-state index in [1.165, 1.54) is 19.1 Å². The van der Waals surface area contributed by atoms with Gasteiger partial charge in [-0.15, -0.1) is 0 Å². The summed E-state index contributed by atoms with van der Waals surface area (Å²) in [7, 11) is 0. The molecule has 0 radical (unpaired) electrons. The molecule has 0 saturated carbocycles. The number of carboxylic acid groups (broad SMARTS) is 2. The molecule has 4 aromatic rings. The van der Waals surface area contributed by atoms with E-state index in [4.69, 9.17) is 34.2 Å². The van der Waals surface area contributed by atoms with Gasteiger partial charge in [0.2, 0.25) is 5.43 Å². The van der Waals surface area contributed by atoms with Gasteiger partial charge in [-0.3, -0.25) is 14.4 Å². The lowest BCUT2D eigenvalue weighted by molar-refractivity contribution is -0.140. The molecule has 0 aliphatic rings. The summed E-state index contributed by atoms with van der Waals surface area (Å²) in [6, 6.07) is 16.4. The molecule has 1 aromatic heterocycles. The van der Waals surface area contributed by atoms with Crippen LogP contribution in [-0.4, -0.2) is 53.6 Å². The molecular weight excluding hydrogens is 620 g/mol. The number of carbonyl (C=O) groups excluding carboxylic acids is 3. The highest BCUT2D eigenvalue weighted by Crippen LogP contribution is 2.32. The van der Waals surface area contributed by atoms with Crippen LogP contribution in [0.15, 0.2) is 88.3 Å². The van der Waals surface area contributed by atoms with Crippen LogP contribution >= 0.6 is 0 Å². The highest BCUT2D eigenvalue weighted by atomic mass is 16.7. The average Bonchev–Trinajstić information content (AvgIpc) is 3.05. The molecule has 0 bridgehead atoms. The molecule has 0 aliphatic carbocycles. The van der Waals surface area contributed by atoms with E-state index in [1.807, 2.05) is 6.07 Å². The molecule has 3 aromatic carbocycles. The van der Waals surface area contributed by atoms with Crippen LogP contribution in [0.5, 0.6) is 11.5 Å². The fraction of sp³-hybridized carbons (Fsp3) is 0.188. The summed E-state index contributed by atoms with van der Waals surface area (Å²) >= 11 is 0. The number of hydrogen-bond donors (Lipinski definition) is 4. The topological polar surface area (TPSA) is 231 Å². The SMILES string of the molecule is CCOC(=O)Oc1cc2occ(C(=O)NC(C(=O)O)c3ccccc3)c(=O)c2cc1OC(=O)OCC.N[C@H](C(=O)O)c1ccccc1. The quantitative estimate of drug-likeness (QED) is 0.139. The zero-order valence-electron chi connectivity index (χ0n) is 25.0. The number of benzene rings is 3. The van der Waals surface area contributed by atoms with E-state index in [1.54, 1.807) is 49.4 Å². The van der Waals surface area contributed by atoms with Gasteiger partial charge in [0.1, 0.15) is 23.5 Å². The van der Waals surface area contributed by atoms with Gasteiger partial charge in [-0.25, -0.2) is 14.4 Å². The van der Waals surface area contributed by atoms with Crippen molar-refractivity contribution in [2.45, 2.75) is 25.9 Å². The number of amides is 1. The molecular formula is C32H30N2O13. The number of nitrogens with two attached hydrogens (primary N) is 1. The van der Waals surface area contributed by atoms with Gasteiger partial charge in [-0.2, -0.15) is 0 Å². The van der Waals surface area contributed by atoms with Crippen molar-refractivity contribution in [3.05, 3.63) is 106 Å². The maximum absolute atomic E-state index is 13.1. The van der Waals surface area contributed by atoms with Crippen LogP contribution in [0.1, 0.15) is 47.4 Å². The fourth-order valence-corrected chi connectivity index (χ4v) is 3.87. The Balaban J connectivity index is 0.000000461. The van der Waals surface area contributed by atoms with Gasteiger partial charge in [-0.05, 0) is 31.0 Å². The smallest absolute Gasteiger partial charge is 0.480 e. The van der Waals surface area contributed by atoms with Gasteiger partial charge in [0, 0.05) is 6.07 Å². The molecule has 1 heterocycles. The molecule has 1 unspecified atom stereocenters. The van der Waals surface area contributed by atoms with Crippen molar-refractivity contribution in [1.29, 1.82) is 0 Å². The minimum atomic E-state index is -1.43. The van der Waals surface area contributed by atoms with Crippen molar-refractivity contribution in [2.24, 2.45) is 5.73 Å². The number of carboxylic acids is 2. The van der Waals surface area contributed by atoms with Gasteiger partial charge in [0.05, 0.1) is 18.6 Å². The lowest BCUT2D eigenvalue weighted by Gasteiger charge is -2.15. The molecule has 0 fully saturated rings. The molecule has 0 aliphatic heterocycles. The van der Waals surface area contributed by atoms with Gasteiger partial charge < -0.3 is 44.6 Å². The molecule has 1 amide bonds. The Kier molecular flexibility index (Phi) is 12.6. The van der Waals surface area contributed by atoms with Crippen LogP contribution in [-0.2, 0) is 19.1 Å². The second-order valence-corrected chi connectivity index (χ2v) is 9.23. The fourth-order valence-electron chi connectivity index (χ4n) is 3.87. The second kappa shape index (κ2) is 16.7. The van der Waals surface area contributed by atoms with Crippen molar-refractivity contribution >= 4 is 41.1 Å². The predicted octanol–water partition coefficient (Wildman–Crippen LogP) is 4.19. The molecule has 0 saturated heterocycles. The van der Waals surface area contributed by atoms with Gasteiger partial charge in [0.25, 0.3) is 5.91 Å². The molecule has 246 valence electrons. The van der Waals surface area contributed by atoms with Crippen molar-refractivity contribution in [2.75, 3.05) is 13.2 Å². The zero-order chi connectivity index (χ0) is 34.5. The Morgan fingerprint density at radius 3 is 1.79 bits per heavy atom. The molecule has 47 heavy (non-hydrogen) atoms. The van der Waals surface area contributed by atoms with E-state index in [9.17, 15) is 33.9 Å². The number of hydrogen-bond acceptors (Lipinski definition) is 12. The summed E-state index contributed by atoms with van der Waals surface area (Å²) in [4.78, 5) is 71.6. The first kappa shape index (κ1) is 35.3. The van der Waals surface area contributed by atoms with Crippen molar-refractivity contribution < 1.29 is 57.6 Å². The summed E-state index contributed by atoms with van der Waals surface area (Å²) in [5, 5.41) is 20.1. The number of carbonyl (C=O) groups is 5. The van der Waals surface area contributed by atoms with Crippen LogP contribution in [0, 0.1) is 0 Å². The minimum absolute atomic E-state index is 0.00829. The Morgan fingerprint density at radius 1 is 0.787 bits per heavy atom. The Hall–Kier alpha value is -6.22. The van der Waals surface area contributed by atoms with Crippen LogP contribution in [0.2, 0.25) is 0 Å². The first-order valence-corrected chi connectivity index (χ1v) is 13.9. The number of fused-ring (bicyclic) bond motifs is 1. The Labute approximate surface area is 266 Å². The van der Waals surface area contributed by atoms with E-state index < -0.39 is 53.2 Å². The normalized spacial score (nSPS) is 11.6. The van der Waals surface area contributed by atoms with E-state index in [-0.39, 0.29) is 41.2 Å². The van der Waals surface area contributed by atoms with Crippen LogP contribution in [0.4, 0.5) is 9.59 Å². The van der Waals surface area contributed by atoms with Crippen LogP contribution < -0.4 is 26.0 Å². The Morgan fingerprint density at radius 2 is 1.30 bits per heavy atom. The molecule has 2 atom stereocenters. The largest absolute Gasteiger partial charge is 0.513 e. The summed E-state index contributed by atoms with van der Waals surface area (Å²) < 4.78 is 24.8. The molecule has 15 heteroatoms. The summed E-state index contributed by atoms with van der Waals surface area (Å²) in [6.07, 6.45) is -1.41. The third kappa shape index (κ3) is 9.63. The first-order valence-electron chi connectivity index (χ1n) is 13.9. The van der Waals surface area contributed by atoms with Gasteiger partial charge in [-0.1, -0.05) is 60.7 Å². The molecule has 0 spiro atoms. The summed E-state index contributed by atoms with van der Waals surface area (Å²) in [5.41, 5.74) is 4.76. The van der Waals surface area contributed by atoms with E-state index in [0.29, 0.717) is 5.56 Å². The van der Waals surface area contributed by atoms with Crippen molar-refractivity contribution in [3.63, 3.8) is 0 Å². The van der Waals surface area contributed by atoms with E-state index >= 15 is 0 Å².